The van der Waals surface area contributed by atoms with Gasteiger partial charge < -0.3 is 5.32 Å². The van der Waals surface area contributed by atoms with Crippen LogP contribution in [0.1, 0.15) is 40.5 Å². The predicted octanol–water partition coefficient (Wildman–Crippen LogP) is 0.865. The molecule has 0 aromatic carbocycles. The van der Waals surface area contributed by atoms with Gasteiger partial charge in [0.25, 0.3) is 0 Å². The minimum Gasteiger partial charge on any atom is -0.352 e. The Bertz CT molecular complexity index is 339. The van der Waals surface area contributed by atoms with Crippen LogP contribution in [0.25, 0.3) is 0 Å². The molecule has 1 amide bonds. The van der Waals surface area contributed by atoms with Crippen LogP contribution in [0.2, 0.25) is 0 Å². The third-order valence-electron chi connectivity index (χ3n) is 2.38. The average molecular weight is 264 g/mol. The molecule has 0 fully saturated rings. The van der Waals surface area contributed by atoms with Gasteiger partial charge in [-0.2, -0.15) is 0 Å². The van der Waals surface area contributed by atoms with E-state index < -0.39 is 16.1 Å². The highest BCUT2D eigenvalue weighted by atomic mass is 32.2. The SMILES string of the molecule is CC[C@@H](C)NC(=O)[C@H](CC(C)C)NS(C)(=O)=O. The van der Waals surface area contributed by atoms with Gasteiger partial charge >= 0.3 is 0 Å². The summed E-state index contributed by atoms with van der Waals surface area (Å²) in [7, 11) is -3.37. The van der Waals surface area contributed by atoms with Gasteiger partial charge in [-0.3, -0.25) is 4.79 Å². The largest absolute Gasteiger partial charge is 0.352 e. The van der Waals surface area contributed by atoms with Gasteiger partial charge in [0.1, 0.15) is 6.04 Å². The van der Waals surface area contributed by atoms with Gasteiger partial charge in [0, 0.05) is 6.04 Å². The van der Waals surface area contributed by atoms with Crippen molar-refractivity contribution in [2.45, 2.75) is 52.6 Å². The van der Waals surface area contributed by atoms with Crippen molar-refractivity contribution in [1.29, 1.82) is 0 Å². The van der Waals surface area contributed by atoms with Gasteiger partial charge in [-0.15, -0.1) is 0 Å². The Morgan fingerprint density at radius 3 is 2.12 bits per heavy atom. The molecule has 0 aliphatic carbocycles. The number of sulfonamides is 1. The van der Waals surface area contributed by atoms with Gasteiger partial charge in [0.15, 0.2) is 0 Å². The molecular formula is C11H24N2O3S. The number of hydrogen-bond acceptors (Lipinski definition) is 3. The van der Waals surface area contributed by atoms with Gasteiger partial charge in [0.2, 0.25) is 15.9 Å². The molecule has 5 nitrogen and oxygen atoms in total. The Morgan fingerprint density at radius 1 is 1.24 bits per heavy atom. The molecule has 0 unspecified atom stereocenters. The second kappa shape index (κ2) is 6.96. The number of rotatable bonds is 7. The molecule has 2 atom stereocenters. The molecule has 2 N–H and O–H groups in total. The molecule has 0 bridgehead atoms. The van der Waals surface area contributed by atoms with Crippen LogP contribution in [0, 0.1) is 5.92 Å². The summed E-state index contributed by atoms with van der Waals surface area (Å²) in [6.07, 6.45) is 2.38. The zero-order chi connectivity index (χ0) is 13.6. The maximum Gasteiger partial charge on any atom is 0.238 e. The number of hydrogen-bond donors (Lipinski definition) is 2. The summed E-state index contributed by atoms with van der Waals surface area (Å²) in [6.45, 7) is 7.76. The summed E-state index contributed by atoms with van der Waals surface area (Å²) in [5.41, 5.74) is 0. The lowest BCUT2D eigenvalue weighted by Gasteiger charge is -2.21. The fourth-order valence-corrected chi connectivity index (χ4v) is 2.10. The minimum absolute atomic E-state index is 0.0542. The van der Waals surface area contributed by atoms with Crippen molar-refractivity contribution in [3.05, 3.63) is 0 Å². The van der Waals surface area contributed by atoms with Crippen molar-refractivity contribution in [2.24, 2.45) is 5.92 Å². The van der Waals surface area contributed by atoms with Crippen molar-refractivity contribution in [3.8, 4) is 0 Å². The Morgan fingerprint density at radius 2 is 1.76 bits per heavy atom. The van der Waals surface area contributed by atoms with Crippen molar-refractivity contribution >= 4 is 15.9 Å². The first-order valence-electron chi connectivity index (χ1n) is 5.93. The van der Waals surface area contributed by atoms with Crippen LogP contribution in [0.3, 0.4) is 0 Å². The van der Waals surface area contributed by atoms with Crippen LogP contribution in [-0.2, 0) is 14.8 Å². The maximum atomic E-state index is 11.9. The van der Waals surface area contributed by atoms with Gasteiger partial charge in [-0.05, 0) is 25.7 Å². The normalized spacial score (nSPS) is 15.6. The van der Waals surface area contributed by atoms with E-state index in [1.165, 1.54) is 0 Å². The molecule has 6 heteroatoms. The van der Waals surface area contributed by atoms with Crippen LogP contribution >= 0.6 is 0 Å². The lowest BCUT2D eigenvalue weighted by Crippen LogP contribution is -2.49. The van der Waals surface area contributed by atoms with E-state index >= 15 is 0 Å². The Hall–Kier alpha value is -0.620. The van der Waals surface area contributed by atoms with Crippen molar-refractivity contribution in [3.63, 3.8) is 0 Å². The summed E-state index contributed by atoms with van der Waals surface area (Å²) >= 11 is 0. The third-order valence-corrected chi connectivity index (χ3v) is 3.09. The Balaban J connectivity index is 4.62. The number of amides is 1. The lowest BCUT2D eigenvalue weighted by atomic mass is 10.0. The zero-order valence-corrected chi connectivity index (χ0v) is 12.1. The third kappa shape index (κ3) is 8.15. The molecule has 0 aromatic rings. The van der Waals surface area contributed by atoms with Crippen LogP contribution in [-0.4, -0.2) is 32.7 Å². The molecule has 102 valence electrons. The Kier molecular flexibility index (Phi) is 6.70. The molecule has 0 aromatic heterocycles. The fraction of sp³-hybridized carbons (Fsp3) is 0.909. The van der Waals surface area contributed by atoms with Gasteiger partial charge in [0.05, 0.1) is 6.26 Å². The van der Waals surface area contributed by atoms with E-state index in [4.69, 9.17) is 0 Å². The van der Waals surface area contributed by atoms with Gasteiger partial charge in [-0.25, -0.2) is 13.1 Å². The first-order valence-corrected chi connectivity index (χ1v) is 7.82. The number of carbonyl (C=O) groups is 1. The Labute approximate surface area is 104 Å². The number of nitrogens with one attached hydrogen (secondary N) is 2. The molecule has 0 saturated carbocycles. The monoisotopic (exact) mass is 264 g/mol. The maximum absolute atomic E-state index is 11.9. The second-order valence-electron chi connectivity index (χ2n) is 4.89. The van der Waals surface area contributed by atoms with Crippen molar-refractivity contribution < 1.29 is 13.2 Å². The van der Waals surface area contributed by atoms with Crippen LogP contribution in [0.15, 0.2) is 0 Å². The summed E-state index contributed by atoms with van der Waals surface area (Å²) in [6, 6.07) is -0.627. The van der Waals surface area contributed by atoms with E-state index in [-0.39, 0.29) is 17.9 Å². The van der Waals surface area contributed by atoms with Crippen LogP contribution in [0.5, 0.6) is 0 Å². The van der Waals surface area contributed by atoms with E-state index in [1.807, 2.05) is 27.7 Å². The second-order valence-corrected chi connectivity index (χ2v) is 6.67. The first-order chi connectivity index (χ1) is 7.65. The predicted molar refractivity (Wildman–Crippen MR) is 69.1 cm³/mol. The highest BCUT2D eigenvalue weighted by Gasteiger charge is 2.23. The lowest BCUT2D eigenvalue weighted by molar-refractivity contribution is -0.123. The van der Waals surface area contributed by atoms with E-state index in [1.54, 1.807) is 0 Å². The molecular weight excluding hydrogens is 240 g/mol. The highest BCUT2D eigenvalue weighted by Crippen LogP contribution is 2.06. The first kappa shape index (κ1) is 16.4. The molecule has 0 spiro atoms. The summed E-state index contributed by atoms with van der Waals surface area (Å²) in [5.74, 6) is -0.00425. The molecule has 0 heterocycles. The molecule has 0 radical (unpaired) electrons. The van der Waals surface area contributed by atoms with E-state index in [2.05, 4.69) is 10.0 Å². The van der Waals surface area contributed by atoms with E-state index in [0.717, 1.165) is 12.7 Å². The smallest absolute Gasteiger partial charge is 0.238 e. The van der Waals surface area contributed by atoms with Crippen LogP contribution < -0.4 is 10.0 Å². The molecule has 0 saturated heterocycles. The molecule has 0 aliphatic rings. The van der Waals surface area contributed by atoms with E-state index in [0.29, 0.717) is 6.42 Å². The van der Waals surface area contributed by atoms with Gasteiger partial charge in [-0.1, -0.05) is 20.8 Å². The molecule has 0 rings (SSSR count). The quantitative estimate of drug-likeness (QED) is 0.716. The standard InChI is InChI=1S/C11H24N2O3S/c1-6-9(4)12-11(14)10(7-8(2)3)13-17(5,15)16/h8-10,13H,6-7H2,1-5H3,(H,12,14)/t9-,10+/m1/s1. The van der Waals surface area contributed by atoms with Crippen molar-refractivity contribution in [2.75, 3.05) is 6.26 Å². The average Bonchev–Trinajstić information content (AvgIpc) is 2.13. The minimum atomic E-state index is -3.37. The molecule has 17 heavy (non-hydrogen) atoms. The zero-order valence-electron chi connectivity index (χ0n) is 11.3. The summed E-state index contributed by atoms with van der Waals surface area (Å²) < 4.78 is 24.8. The summed E-state index contributed by atoms with van der Waals surface area (Å²) in [5, 5.41) is 2.79. The van der Waals surface area contributed by atoms with Crippen molar-refractivity contribution in [1.82, 2.24) is 10.0 Å². The summed E-state index contributed by atoms with van der Waals surface area (Å²) in [4.78, 5) is 11.9. The fourth-order valence-electron chi connectivity index (χ4n) is 1.38. The topological polar surface area (TPSA) is 75.3 Å². The highest BCUT2D eigenvalue weighted by molar-refractivity contribution is 7.88. The van der Waals surface area contributed by atoms with E-state index in [9.17, 15) is 13.2 Å². The molecule has 0 aliphatic heterocycles. The number of carbonyl (C=O) groups excluding carboxylic acids is 1. The van der Waals surface area contributed by atoms with Crippen LogP contribution in [0.4, 0.5) is 0 Å².